The summed E-state index contributed by atoms with van der Waals surface area (Å²) in [5, 5.41) is 5.25. The van der Waals surface area contributed by atoms with Gasteiger partial charge in [-0.25, -0.2) is 0 Å². The van der Waals surface area contributed by atoms with Crippen molar-refractivity contribution in [3.05, 3.63) is 121 Å². The molecule has 5 aromatic carbocycles. The molecule has 0 saturated heterocycles. The molecular weight excluding hydrogens is 454 g/mol. The van der Waals surface area contributed by atoms with Crippen LogP contribution in [0.5, 0.6) is 0 Å². The number of allylic oxidation sites excluding steroid dienone is 1. The quantitative estimate of drug-likeness (QED) is 0.237. The summed E-state index contributed by atoms with van der Waals surface area (Å²) in [4.78, 5) is 0. The van der Waals surface area contributed by atoms with E-state index in [1.807, 2.05) is 11.3 Å². The van der Waals surface area contributed by atoms with Gasteiger partial charge in [0.2, 0.25) is 0 Å². The first kappa shape index (κ1) is 21.2. The molecular formula is C34H25NS. The average molecular weight is 480 g/mol. The predicted molar refractivity (Wildman–Crippen MR) is 158 cm³/mol. The van der Waals surface area contributed by atoms with Gasteiger partial charge in [0, 0.05) is 36.6 Å². The Hall–Kier alpha value is -4.14. The van der Waals surface area contributed by atoms with E-state index in [9.17, 15) is 0 Å². The minimum atomic E-state index is 1.03. The van der Waals surface area contributed by atoms with Crippen molar-refractivity contribution in [2.24, 2.45) is 0 Å². The highest BCUT2D eigenvalue weighted by Crippen LogP contribution is 2.41. The second-order valence-electron chi connectivity index (χ2n) is 9.27. The maximum Gasteiger partial charge on any atom is 0.0547 e. The normalized spacial score (nSPS) is 12.0. The Bertz CT molecular complexity index is 1930. The highest BCUT2D eigenvalue weighted by molar-refractivity contribution is 7.26. The SMILES string of the molecule is CC/C=C\c1cccc(-n2c3ccccc3c3ccc(-c4cccc5c4sc4ccccc45)cc32)c1. The number of rotatable bonds is 4. The number of fused-ring (bicyclic) bond motifs is 6. The summed E-state index contributed by atoms with van der Waals surface area (Å²) >= 11 is 1.89. The minimum Gasteiger partial charge on any atom is -0.309 e. The van der Waals surface area contributed by atoms with Gasteiger partial charge >= 0.3 is 0 Å². The van der Waals surface area contributed by atoms with Crippen LogP contribution in [0.2, 0.25) is 0 Å². The van der Waals surface area contributed by atoms with Crippen LogP contribution < -0.4 is 0 Å². The topological polar surface area (TPSA) is 4.93 Å². The summed E-state index contributed by atoms with van der Waals surface area (Å²) < 4.78 is 5.11. The Morgan fingerprint density at radius 2 is 1.44 bits per heavy atom. The molecule has 0 aliphatic carbocycles. The monoisotopic (exact) mass is 479 g/mol. The molecule has 0 amide bonds. The summed E-state index contributed by atoms with van der Waals surface area (Å²) in [7, 11) is 0. The van der Waals surface area contributed by atoms with Gasteiger partial charge in [-0.2, -0.15) is 0 Å². The van der Waals surface area contributed by atoms with Crippen LogP contribution in [0.4, 0.5) is 0 Å². The Labute approximate surface area is 214 Å². The van der Waals surface area contributed by atoms with Crippen molar-refractivity contribution in [3.63, 3.8) is 0 Å². The zero-order valence-corrected chi connectivity index (χ0v) is 20.9. The number of nitrogens with zero attached hydrogens (tertiary/aromatic N) is 1. The first-order chi connectivity index (χ1) is 17.8. The first-order valence-electron chi connectivity index (χ1n) is 12.5. The van der Waals surface area contributed by atoms with E-state index in [0.29, 0.717) is 0 Å². The fraction of sp³-hybridized carbons (Fsp3) is 0.0588. The van der Waals surface area contributed by atoms with Crippen molar-refractivity contribution in [2.45, 2.75) is 13.3 Å². The molecule has 2 heterocycles. The molecule has 0 aliphatic heterocycles. The van der Waals surface area contributed by atoms with E-state index in [0.717, 1.165) is 6.42 Å². The summed E-state index contributed by atoms with van der Waals surface area (Å²) in [6, 6.07) is 40.0. The maximum atomic E-state index is 2.42. The average Bonchev–Trinajstić information content (AvgIpc) is 3.47. The van der Waals surface area contributed by atoms with Crippen molar-refractivity contribution < 1.29 is 0 Å². The summed E-state index contributed by atoms with van der Waals surface area (Å²) in [6.07, 6.45) is 5.46. The number of aromatic nitrogens is 1. The fourth-order valence-corrected chi connectivity index (χ4v) is 6.65. The third-order valence-corrected chi connectivity index (χ3v) is 8.28. The van der Waals surface area contributed by atoms with Gasteiger partial charge in [0.1, 0.15) is 0 Å². The molecule has 2 aromatic heterocycles. The highest BCUT2D eigenvalue weighted by atomic mass is 32.1. The molecule has 7 rings (SSSR count). The number of thiophene rings is 1. The minimum absolute atomic E-state index is 1.03. The van der Waals surface area contributed by atoms with Gasteiger partial charge in [0.15, 0.2) is 0 Å². The lowest BCUT2D eigenvalue weighted by Gasteiger charge is -2.10. The zero-order chi connectivity index (χ0) is 24.1. The molecule has 0 unspecified atom stereocenters. The van der Waals surface area contributed by atoms with Crippen LogP contribution in [0, 0.1) is 0 Å². The molecule has 2 heteroatoms. The van der Waals surface area contributed by atoms with Crippen LogP contribution in [-0.2, 0) is 0 Å². The van der Waals surface area contributed by atoms with Crippen molar-refractivity contribution in [1.82, 2.24) is 4.57 Å². The van der Waals surface area contributed by atoms with Gasteiger partial charge in [0.05, 0.1) is 11.0 Å². The van der Waals surface area contributed by atoms with Gasteiger partial charge < -0.3 is 4.57 Å². The Morgan fingerprint density at radius 3 is 2.36 bits per heavy atom. The summed E-state index contributed by atoms with van der Waals surface area (Å²) in [6.45, 7) is 2.17. The van der Waals surface area contributed by atoms with E-state index in [1.165, 1.54) is 64.4 Å². The van der Waals surface area contributed by atoms with E-state index in [1.54, 1.807) is 0 Å². The third-order valence-electron chi connectivity index (χ3n) is 7.06. The molecule has 1 nitrogen and oxygen atoms in total. The Balaban J connectivity index is 1.50. The van der Waals surface area contributed by atoms with Crippen LogP contribution in [0.1, 0.15) is 18.9 Å². The molecule has 0 spiro atoms. The van der Waals surface area contributed by atoms with Crippen LogP contribution in [0.25, 0.3) is 64.9 Å². The molecule has 0 saturated carbocycles. The van der Waals surface area contributed by atoms with Crippen molar-refractivity contribution in [3.8, 4) is 16.8 Å². The molecule has 0 bridgehead atoms. The van der Waals surface area contributed by atoms with Crippen molar-refractivity contribution in [2.75, 3.05) is 0 Å². The van der Waals surface area contributed by atoms with Gasteiger partial charge in [-0.1, -0.05) is 97.9 Å². The fourth-order valence-electron chi connectivity index (χ4n) is 5.41. The summed E-state index contributed by atoms with van der Waals surface area (Å²) in [5.41, 5.74) is 7.45. The smallest absolute Gasteiger partial charge is 0.0547 e. The number of benzene rings is 5. The van der Waals surface area contributed by atoms with E-state index < -0.39 is 0 Å². The lowest BCUT2D eigenvalue weighted by Crippen LogP contribution is -1.94. The first-order valence-corrected chi connectivity index (χ1v) is 13.3. The standard InChI is InChI=1S/C34H25NS/c1-2-3-10-23-11-8-12-25(21-23)35-31-17-6-4-13-27(31)28-20-19-24(22-32(28)35)26-15-9-16-30-29-14-5-7-18-33(29)36-34(26)30/h3-22H,2H2,1H3/b10-3-. The summed E-state index contributed by atoms with van der Waals surface area (Å²) in [5.74, 6) is 0. The predicted octanol–water partition coefficient (Wildman–Crippen LogP) is 10.2. The zero-order valence-electron chi connectivity index (χ0n) is 20.1. The molecule has 0 fully saturated rings. The molecule has 172 valence electrons. The molecule has 0 atom stereocenters. The van der Waals surface area contributed by atoms with E-state index in [2.05, 4.69) is 133 Å². The van der Waals surface area contributed by atoms with E-state index in [-0.39, 0.29) is 0 Å². The van der Waals surface area contributed by atoms with Crippen LogP contribution in [0.3, 0.4) is 0 Å². The Kier molecular flexibility index (Phi) is 5.00. The molecule has 0 aliphatic rings. The number of para-hydroxylation sites is 1. The number of hydrogen-bond acceptors (Lipinski definition) is 1. The molecule has 0 N–H and O–H groups in total. The lowest BCUT2D eigenvalue weighted by molar-refractivity contribution is 1.18. The van der Waals surface area contributed by atoms with E-state index >= 15 is 0 Å². The molecule has 7 aromatic rings. The van der Waals surface area contributed by atoms with Gasteiger partial charge in [-0.05, 0) is 53.4 Å². The van der Waals surface area contributed by atoms with Crippen molar-refractivity contribution >= 4 is 59.4 Å². The van der Waals surface area contributed by atoms with E-state index in [4.69, 9.17) is 0 Å². The van der Waals surface area contributed by atoms with Crippen LogP contribution in [-0.4, -0.2) is 4.57 Å². The van der Waals surface area contributed by atoms with Crippen LogP contribution >= 0.6 is 11.3 Å². The highest BCUT2D eigenvalue weighted by Gasteiger charge is 2.15. The molecule has 0 radical (unpaired) electrons. The largest absolute Gasteiger partial charge is 0.309 e. The molecule has 36 heavy (non-hydrogen) atoms. The second kappa shape index (κ2) is 8.51. The van der Waals surface area contributed by atoms with Crippen molar-refractivity contribution in [1.29, 1.82) is 0 Å². The van der Waals surface area contributed by atoms with Gasteiger partial charge in [-0.3, -0.25) is 0 Å². The van der Waals surface area contributed by atoms with Gasteiger partial charge in [0.25, 0.3) is 0 Å². The number of hydrogen-bond donors (Lipinski definition) is 0. The lowest BCUT2D eigenvalue weighted by atomic mass is 10.0. The maximum absolute atomic E-state index is 2.42. The Morgan fingerprint density at radius 1 is 0.667 bits per heavy atom. The van der Waals surface area contributed by atoms with Crippen LogP contribution in [0.15, 0.2) is 115 Å². The van der Waals surface area contributed by atoms with Gasteiger partial charge in [-0.15, -0.1) is 11.3 Å². The third kappa shape index (κ3) is 3.30. The second-order valence-corrected chi connectivity index (χ2v) is 10.3.